The van der Waals surface area contributed by atoms with E-state index in [4.69, 9.17) is 27.9 Å². The monoisotopic (exact) mass is 399 g/mol. The average molecular weight is 400 g/mol. The van der Waals surface area contributed by atoms with Crippen molar-refractivity contribution in [1.82, 2.24) is 4.57 Å². The Kier molecular flexibility index (Phi) is 5.06. The molecule has 0 spiro atoms. The highest BCUT2D eigenvalue weighted by atomic mass is 35.5. The highest BCUT2D eigenvalue weighted by Crippen LogP contribution is 2.30. The van der Waals surface area contributed by atoms with E-state index < -0.39 is 0 Å². The first kappa shape index (κ1) is 17.9. The Balaban J connectivity index is 1.72. The third kappa shape index (κ3) is 3.80. The second-order valence-corrected chi connectivity index (χ2v) is 7.08. The third-order valence-corrected chi connectivity index (χ3v) is 5.15. The van der Waals surface area contributed by atoms with Gasteiger partial charge in [-0.3, -0.25) is 0 Å². The molecule has 1 aromatic heterocycles. The molecule has 27 heavy (non-hydrogen) atoms. The molecule has 0 radical (unpaired) electrons. The number of fused-ring (bicyclic) bond motifs is 1. The second kappa shape index (κ2) is 7.63. The molecule has 0 bridgehead atoms. The molecule has 0 aliphatic carbocycles. The molecule has 0 atom stereocenters. The average Bonchev–Trinajstić information content (AvgIpc) is 3.03. The first-order valence-electron chi connectivity index (χ1n) is 8.50. The van der Waals surface area contributed by atoms with Crippen LogP contribution in [-0.2, 0) is 13.2 Å². The van der Waals surface area contributed by atoms with Crippen LogP contribution < -0.4 is 4.74 Å². The lowest BCUT2D eigenvalue weighted by Gasteiger charge is -2.13. The zero-order chi connectivity index (χ0) is 18.8. The van der Waals surface area contributed by atoms with Crippen molar-refractivity contribution in [3.63, 3.8) is 0 Å². The maximum Gasteiger partial charge on any atom is 0.195 e. The molecule has 2 nitrogen and oxygen atoms in total. The van der Waals surface area contributed by atoms with Gasteiger partial charge in [-0.25, -0.2) is 4.39 Å². The zero-order valence-electron chi connectivity index (χ0n) is 14.3. The summed E-state index contributed by atoms with van der Waals surface area (Å²) in [5.74, 6) is 0.329. The minimum absolute atomic E-state index is 0.273. The van der Waals surface area contributed by atoms with Gasteiger partial charge in [0.1, 0.15) is 12.4 Å². The van der Waals surface area contributed by atoms with Crippen LogP contribution in [0.2, 0.25) is 10.0 Å². The Morgan fingerprint density at radius 1 is 0.815 bits per heavy atom. The summed E-state index contributed by atoms with van der Waals surface area (Å²) >= 11 is 12.2. The van der Waals surface area contributed by atoms with Crippen LogP contribution in [0.15, 0.2) is 72.8 Å². The van der Waals surface area contributed by atoms with Crippen LogP contribution >= 0.6 is 23.2 Å². The van der Waals surface area contributed by atoms with Crippen LogP contribution in [-0.4, -0.2) is 4.57 Å². The highest BCUT2D eigenvalue weighted by Gasteiger charge is 2.14. The van der Waals surface area contributed by atoms with E-state index in [9.17, 15) is 4.39 Å². The molecule has 0 saturated heterocycles. The van der Waals surface area contributed by atoms with Gasteiger partial charge in [0.2, 0.25) is 0 Å². The van der Waals surface area contributed by atoms with E-state index in [1.165, 1.54) is 6.07 Å². The first-order valence-corrected chi connectivity index (χ1v) is 9.26. The fraction of sp³-hybridized carbons (Fsp3) is 0.0909. The molecular weight excluding hydrogens is 384 g/mol. The zero-order valence-corrected chi connectivity index (χ0v) is 15.8. The predicted octanol–water partition coefficient (Wildman–Crippen LogP) is 6.71. The molecule has 0 fully saturated rings. The number of hydrogen-bond donors (Lipinski definition) is 0. The first-order chi connectivity index (χ1) is 13.1. The van der Waals surface area contributed by atoms with Crippen LogP contribution in [0.5, 0.6) is 5.88 Å². The normalized spacial score (nSPS) is 11.1. The fourth-order valence-corrected chi connectivity index (χ4v) is 3.38. The van der Waals surface area contributed by atoms with Gasteiger partial charge in [-0.1, -0.05) is 65.7 Å². The third-order valence-electron chi connectivity index (χ3n) is 4.41. The van der Waals surface area contributed by atoms with E-state index in [1.807, 2.05) is 53.1 Å². The number of halogens is 3. The standard InChI is InChI=1S/C22H16Cl2FNO/c23-18-10-9-16(11-19(18)24)13-26-21-8-4-7-20(25)17(21)12-22(26)27-14-15-5-2-1-3-6-15/h1-12H,13-14H2. The van der Waals surface area contributed by atoms with Crippen molar-refractivity contribution in [2.45, 2.75) is 13.2 Å². The van der Waals surface area contributed by atoms with Gasteiger partial charge >= 0.3 is 0 Å². The summed E-state index contributed by atoms with van der Waals surface area (Å²) < 4.78 is 22.3. The summed E-state index contributed by atoms with van der Waals surface area (Å²) in [5.41, 5.74) is 2.77. The molecule has 4 aromatic rings. The van der Waals surface area contributed by atoms with Gasteiger partial charge in [-0.05, 0) is 35.4 Å². The number of hydrogen-bond acceptors (Lipinski definition) is 1. The summed E-state index contributed by atoms with van der Waals surface area (Å²) in [6.07, 6.45) is 0. The Labute approximate surface area is 166 Å². The summed E-state index contributed by atoms with van der Waals surface area (Å²) in [5, 5.41) is 1.52. The van der Waals surface area contributed by atoms with Gasteiger partial charge in [0.05, 0.1) is 22.1 Å². The Morgan fingerprint density at radius 3 is 2.41 bits per heavy atom. The summed E-state index contributed by atoms with van der Waals surface area (Å²) in [6, 6.07) is 22.1. The van der Waals surface area contributed by atoms with Crippen LogP contribution in [0, 0.1) is 5.82 Å². The van der Waals surface area contributed by atoms with Crippen molar-refractivity contribution in [2.75, 3.05) is 0 Å². The van der Waals surface area contributed by atoms with Gasteiger partial charge in [0.25, 0.3) is 0 Å². The van der Waals surface area contributed by atoms with Crippen molar-refractivity contribution in [3.05, 3.63) is 99.8 Å². The molecule has 0 amide bonds. The van der Waals surface area contributed by atoms with E-state index in [-0.39, 0.29) is 5.82 Å². The Hall–Kier alpha value is -2.49. The molecule has 0 N–H and O–H groups in total. The van der Waals surface area contributed by atoms with E-state index in [2.05, 4.69) is 0 Å². The quantitative estimate of drug-likeness (QED) is 0.363. The SMILES string of the molecule is Fc1cccc2c1cc(OCc1ccccc1)n2Cc1ccc(Cl)c(Cl)c1. The van der Waals surface area contributed by atoms with Gasteiger partial charge in [0.15, 0.2) is 5.88 Å². The molecular formula is C22H16Cl2FNO. The van der Waals surface area contributed by atoms with Crippen molar-refractivity contribution >= 4 is 34.1 Å². The maximum atomic E-state index is 14.3. The summed E-state index contributed by atoms with van der Waals surface area (Å²) in [6.45, 7) is 0.897. The van der Waals surface area contributed by atoms with Crippen molar-refractivity contribution in [3.8, 4) is 5.88 Å². The summed E-state index contributed by atoms with van der Waals surface area (Å²) in [7, 11) is 0. The van der Waals surface area contributed by atoms with Gasteiger partial charge in [0, 0.05) is 11.5 Å². The van der Waals surface area contributed by atoms with Crippen LogP contribution in [0.4, 0.5) is 4.39 Å². The molecule has 0 aliphatic heterocycles. The van der Waals surface area contributed by atoms with Crippen molar-refractivity contribution in [2.24, 2.45) is 0 Å². The van der Waals surface area contributed by atoms with E-state index in [0.717, 1.165) is 16.6 Å². The van der Waals surface area contributed by atoms with Crippen molar-refractivity contribution < 1.29 is 9.13 Å². The number of aromatic nitrogens is 1. The Morgan fingerprint density at radius 2 is 1.63 bits per heavy atom. The molecule has 0 aliphatic rings. The lowest BCUT2D eigenvalue weighted by Crippen LogP contribution is -2.05. The van der Waals surface area contributed by atoms with Crippen molar-refractivity contribution in [1.29, 1.82) is 0 Å². The molecule has 5 heteroatoms. The molecule has 136 valence electrons. The summed E-state index contributed by atoms with van der Waals surface area (Å²) in [4.78, 5) is 0. The van der Waals surface area contributed by atoms with Crippen LogP contribution in [0.25, 0.3) is 10.9 Å². The molecule has 1 heterocycles. The predicted molar refractivity (Wildman–Crippen MR) is 108 cm³/mol. The van der Waals surface area contributed by atoms with E-state index in [0.29, 0.717) is 34.5 Å². The largest absolute Gasteiger partial charge is 0.474 e. The minimum atomic E-state index is -0.273. The molecule has 4 rings (SSSR count). The van der Waals surface area contributed by atoms with Gasteiger partial charge in [-0.2, -0.15) is 0 Å². The van der Waals surface area contributed by atoms with Gasteiger partial charge < -0.3 is 9.30 Å². The number of benzene rings is 3. The number of nitrogens with zero attached hydrogens (tertiary/aromatic N) is 1. The number of ether oxygens (including phenoxy) is 1. The fourth-order valence-electron chi connectivity index (χ4n) is 3.06. The van der Waals surface area contributed by atoms with Crippen LogP contribution in [0.3, 0.4) is 0 Å². The molecule has 0 unspecified atom stereocenters. The molecule has 3 aromatic carbocycles. The molecule has 0 saturated carbocycles. The van der Waals surface area contributed by atoms with E-state index in [1.54, 1.807) is 18.2 Å². The van der Waals surface area contributed by atoms with Gasteiger partial charge in [-0.15, -0.1) is 0 Å². The smallest absolute Gasteiger partial charge is 0.195 e. The maximum absolute atomic E-state index is 14.3. The lowest BCUT2D eigenvalue weighted by atomic mass is 10.2. The Bertz CT molecular complexity index is 1090. The van der Waals surface area contributed by atoms with Crippen LogP contribution in [0.1, 0.15) is 11.1 Å². The number of rotatable bonds is 5. The highest BCUT2D eigenvalue weighted by molar-refractivity contribution is 6.42. The van der Waals surface area contributed by atoms with E-state index >= 15 is 0 Å². The second-order valence-electron chi connectivity index (χ2n) is 6.26. The minimum Gasteiger partial charge on any atom is -0.474 e. The topological polar surface area (TPSA) is 14.2 Å². The lowest BCUT2D eigenvalue weighted by molar-refractivity contribution is 0.283.